The lowest BCUT2D eigenvalue weighted by molar-refractivity contribution is -0.121. The summed E-state index contributed by atoms with van der Waals surface area (Å²) in [6.45, 7) is -2.01. The molecule has 4 nitrogen and oxygen atoms in total. The van der Waals surface area contributed by atoms with Gasteiger partial charge in [-0.05, 0) is 22.0 Å². The quantitative estimate of drug-likeness (QED) is 0.867. The van der Waals surface area contributed by atoms with Crippen molar-refractivity contribution in [2.24, 2.45) is 0 Å². The number of aliphatic hydroxyl groups excluding tert-OH is 1. The van der Waals surface area contributed by atoms with Crippen LogP contribution in [0.25, 0.3) is 0 Å². The summed E-state index contributed by atoms with van der Waals surface area (Å²) < 4.78 is 60.3. The van der Waals surface area contributed by atoms with Crippen LogP contribution in [0.2, 0.25) is 0 Å². The van der Waals surface area contributed by atoms with Crippen LogP contribution in [0.1, 0.15) is 4.88 Å². The SMILES string of the molecule is O=S(=O)(NCC(F)(F)F)c1cc(CO)sc1Br. The van der Waals surface area contributed by atoms with Crippen LogP contribution >= 0.6 is 27.3 Å². The topological polar surface area (TPSA) is 66.4 Å². The van der Waals surface area contributed by atoms with Gasteiger partial charge in [0.05, 0.1) is 10.4 Å². The minimum atomic E-state index is -4.62. The van der Waals surface area contributed by atoms with Gasteiger partial charge in [-0.25, -0.2) is 13.1 Å². The Morgan fingerprint density at radius 3 is 2.47 bits per heavy atom. The first kappa shape index (κ1) is 14.9. The highest BCUT2D eigenvalue weighted by molar-refractivity contribution is 9.11. The predicted molar refractivity (Wildman–Crippen MR) is 59.2 cm³/mol. The van der Waals surface area contributed by atoms with E-state index in [2.05, 4.69) is 15.9 Å². The van der Waals surface area contributed by atoms with Gasteiger partial charge < -0.3 is 5.11 Å². The van der Waals surface area contributed by atoms with Crippen molar-refractivity contribution in [1.29, 1.82) is 0 Å². The molecule has 1 rings (SSSR count). The van der Waals surface area contributed by atoms with Crippen molar-refractivity contribution in [3.63, 3.8) is 0 Å². The van der Waals surface area contributed by atoms with Crippen LogP contribution in [-0.4, -0.2) is 26.2 Å². The van der Waals surface area contributed by atoms with Crippen molar-refractivity contribution >= 4 is 37.3 Å². The molecule has 0 aliphatic carbocycles. The van der Waals surface area contributed by atoms with E-state index >= 15 is 0 Å². The molecular weight excluding hydrogens is 347 g/mol. The van der Waals surface area contributed by atoms with Gasteiger partial charge in [-0.1, -0.05) is 0 Å². The molecule has 0 aliphatic rings. The Balaban J connectivity index is 2.93. The number of hydrogen-bond donors (Lipinski definition) is 2. The molecule has 0 aliphatic heterocycles. The fourth-order valence-corrected chi connectivity index (χ4v) is 4.47. The molecule has 1 heterocycles. The van der Waals surface area contributed by atoms with Crippen molar-refractivity contribution < 1.29 is 26.7 Å². The summed E-state index contributed by atoms with van der Waals surface area (Å²) >= 11 is 3.86. The van der Waals surface area contributed by atoms with E-state index in [1.807, 2.05) is 0 Å². The van der Waals surface area contributed by atoms with Crippen molar-refractivity contribution in [1.82, 2.24) is 4.72 Å². The van der Waals surface area contributed by atoms with Gasteiger partial charge in [-0.3, -0.25) is 0 Å². The first-order valence-electron chi connectivity index (χ1n) is 4.11. The number of hydrogen-bond acceptors (Lipinski definition) is 4. The molecule has 98 valence electrons. The number of thiophene rings is 1. The van der Waals surface area contributed by atoms with Crippen molar-refractivity contribution in [2.75, 3.05) is 6.54 Å². The summed E-state index contributed by atoms with van der Waals surface area (Å²) in [6.07, 6.45) is -4.62. The standard InChI is InChI=1S/C7H7BrF3NO3S2/c8-6-5(1-4(2-13)16-6)17(14,15)12-3-7(9,10)11/h1,12-13H,2-3H2. The van der Waals surface area contributed by atoms with Gasteiger partial charge in [0, 0.05) is 4.88 Å². The number of halogens is 4. The van der Waals surface area contributed by atoms with E-state index in [0.717, 1.165) is 17.4 Å². The van der Waals surface area contributed by atoms with E-state index in [0.29, 0.717) is 4.88 Å². The van der Waals surface area contributed by atoms with Gasteiger partial charge >= 0.3 is 6.18 Å². The summed E-state index contributed by atoms with van der Waals surface area (Å²) in [5.74, 6) is 0. The minimum absolute atomic E-state index is 0.149. The zero-order chi connectivity index (χ0) is 13.3. The lowest BCUT2D eigenvalue weighted by atomic mass is 10.5. The van der Waals surface area contributed by atoms with Gasteiger partial charge in [-0.2, -0.15) is 13.2 Å². The molecule has 0 radical (unpaired) electrons. The van der Waals surface area contributed by atoms with E-state index in [-0.39, 0.29) is 15.3 Å². The maximum atomic E-state index is 11.9. The van der Waals surface area contributed by atoms with Gasteiger partial charge in [0.25, 0.3) is 0 Å². The zero-order valence-corrected chi connectivity index (χ0v) is 11.3. The number of nitrogens with one attached hydrogen (secondary N) is 1. The third-order valence-electron chi connectivity index (χ3n) is 1.61. The maximum absolute atomic E-state index is 11.9. The zero-order valence-electron chi connectivity index (χ0n) is 8.08. The Hall–Kier alpha value is -0.160. The molecule has 2 N–H and O–H groups in total. The number of aliphatic hydroxyl groups is 1. The van der Waals surface area contributed by atoms with E-state index < -0.39 is 22.7 Å². The molecule has 1 aromatic rings. The highest BCUT2D eigenvalue weighted by Gasteiger charge is 2.31. The van der Waals surface area contributed by atoms with E-state index in [9.17, 15) is 21.6 Å². The second-order valence-electron chi connectivity index (χ2n) is 2.95. The molecule has 0 unspecified atom stereocenters. The second-order valence-corrected chi connectivity index (χ2v) is 7.14. The van der Waals surface area contributed by atoms with Crippen LogP contribution in [0.4, 0.5) is 13.2 Å². The fourth-order valence-electron chi connectivity index (χ4n) is 0.914. The lowest BCUT2D eigenvalue weighted by Gasteiger charge is -2.08. The van der Waals surface area contributed by atoms with Gasteiger partial charge in [0.1, 0.15) is 11.4 Å². The van der Waals surface area contributed by atoms with Gasteiger partial charge in [0.15, 0.2) is 0 Å². The number of rotatable bonds is 4. The fraction of sp³-hybridized carbons (Fsp3) is 0.429. The Kier molecular flexibility index (Phi) is 4.58. The summed E-state index contributed by atoms with van der Waals surface area (Å²) in [6, 6.07) is 1.12. The summed E-state index contributed by atoms with van der Waals surface area (Å²) in [5, 5.41) is 8.79. The van der Waals surface area contributed by atoms with E-state index in [1.165, 1.54) is 4.72 Å². The van der Waals surface area contributed by atoms with E-state index in [1.54, 1.807) is 0 Å². The van der Waals surface area contributed by atoms with E-state index in [4.69, 9.17) is 5.11 Å². The van der Waals surface area contributed by atoms with Crippen LogP contribution < -0.4 is 4.72 Å². The average Bonchev–Trinajstić information content (AvgIpc) is 2.57. The molecule has 0 saturated carbocycles. The average molecular weight is 354 g/mol. The molecule has 10 heteroatoms. The third kappa shape index (κ3) is 4.21. The lowest BCUT2D eigenvalue weighted by Crippen LogP contribution is -2.33. The first-order valence-corrected chi connectivity index (χ1v) is 7.20. The Morgan fingerprint density at radius 1 is 1.47 bits per heavy atom. The van der Waals surface area contributed by atoms with Crippen LogP contribution in [-0.2, 0) is 16.6 Å². The second kappa shape index (κ2) is 5.22. The number of alkyl halides is 3. The highest BCUT2D eigenvalue weighted by Crippen LogP contribution is 2.31. The smallest absolute Gasteiger partial charge is 0.391 e. The largest absolute Gasteiger partial charge is 0.402 e. The highest BCUT2D eigenvalue weighted by atomic mass is 79.9. The van der Waals surface area contributed by atoms with Crippen LogP contribution in [0.5, 0.6) is 0 Å². The molecule has 17 heavy (non-hydrogen) atoms. The predicted octanol–water partition coefficient (Wildman–Crippen LogP) is 1.84. The van der Waals surface area contributed by atoms with Crippen molar-refractivity contribution in [3.05, 3.63) is 14.7 Å². The molecule has 0 aromatic carbocycles. The van der Waals surface area contributed by atoms with Crippen molar-refractivity contribution in [3.8, 4) is 0 Å². The Labute approximate surface area is 108 Å². The Bertz CT molecular complexity index is 497. The molecule has 0 bridgehead atoms. The summed E-state index contributed by atoms with van der Waals surface area (Å²) in [7, 11) is -4.23. The minimum Gasteiger partial charge on any atom is -0.391 e. The van der Waals surface area contributed by atoms with Crippen LogP contribution in [0, 0.1) is 0 Å². The summed E-state index contributed by atoms with van der Waals surface area (Å²) in [4.78, 5) is 0.0278. The molecule has 1 aromatic heterocycles. The third-order valence-corrected chi connectivity index (χ3v) is 5.25. The Morgan fingerprint density at radius 2 is 2.06 bits per heavy atom. The molecule has 0 atom stereocenters. The van der Waals surface area contributed by atoms with Crippen LogP contribution in [0.3, 0.4) is 0 Å². The maximum Gasteiger partial charge on any atom is 0.402 e. The number of sulfonamides is 1. The molecular formula is C7H7BrF3NO3S2. The molecule has 0 saturated heterocycles. The summed E-state index contributed by atoms with van der Waals surface area (Å²) in [5.41, 5.74) is 0. The van der Waals surface area contributed by atoms with Gasteiger partial charge in [-0.15, -0.1) is 11.3 Å². The van der Waals surface area contributed by atoms with Gasteiger partial charge in [0.2, 0.25) is 10.0 Å². The first-order chi connectivity index (χ1) is 7.65. The molecule has 0 amide bonds. The molecule has 0 spiro atoms. The van der Waals surface area contributed by atoms with Crippen molar-refractivity contribution in [2.45, 2.75) is 17.7 Å². The normalized spacial score (nSPS) is 13.0. The van der Waals surface area contributed by atoms with Crippen LogP contribution in [0.15, 0.2) is 14.7 Å². The monoisotopic (exact) mass is 353 g/mol. The molecule has 0 fully saturated rings.